The van der Waals surface area contributed by atoms with Gasteiger partial charge in [-0.1, -0.05) is 18.5 Å². The SMILES string of the molecule is CCc1nccn1Cc1cc(F)ccc1Cl. The van der Waals surface area contributed by atoms with Gasteiger partial charge in [0.05, 0.1) is 6.54 Å². The van der Waals surface area contributed by atoms with Crippen molar-refractivity contribution in [2.24, 2.45) is 0 Å². The topological polar surface area (TPSA) is 17.8 Å². The summed E-state index contributed by atoms with van der Waals surface area (Å²) < 4.78 is 15.0. The molecule has 0 N–H and O–H groups in total. The van der Waals surface area contributed by atoms with Crippen LogP contribution in [0.5, 0.6) is 0 Å². The minimum atomic E-state index is -0.266. The number of aromatic nitrogens is 2. The summed E-state index contributed by atoms with van der Waals surface area (Å²) in [5, 5.41) is 0.581. The number of hydrogen-bond acceptors (Lipinski definition) is 1. The predicted octanol–water partition coefficient (Wildman–Crippen LogP) is 3.29. The average molecular weight is 239 g/mol. The van der Waals surface area contributed by atoms with Crippen LogP contribution in [-0.4, -0.2) is 9.55 Å². The molecule has 0 saturated heterocycles. The molecule has 1 aromatic carbocycles. The molecule has 16 heavy (non-hydrogen) atoms. The highest BCUT2D eigenvalue weighted by molar-refractivity contribution is 6.31. The average Bonchev–Trinajstić information content (AvgIpc) is 2.71. The van der Waals surface area contributed by atoms with Crippen molar-refractivity contribution in [3.05, 3.63) is 52.8 Å². The maximum Gasteiger partial charge on any atom is 0.123 e. The van der Waals surface area contributed by atoms with Gasteiger partial charge in [-0.3, -0.25) is 0 Å². The van der Waals surface area contributed by atoms with Crippen LogP contribution >= 0.6 is 11.6 Å². The number of rotatable bonds is 3. The molecule has 0 spiro atoms. The van der Waals surface area contributed by atoms with Crippen LogP contribution < -0.4 is 0 Å². The molecule has 0 aliphatic heterocycles. The number of nitrogens with zero attached hydrogens (tertiary/aromatic N) is 2. The van der Waals surface area contributed by atoms with E-state index < -0.39 is 0 Å². The maximum absolute atomic E-state index is 13.1. The van der Waals surface area contributed by atoms with E-state index in [1.54, 1.807) is 12.3 Å². The Hall–Kier alpha value is -1.35. The number of halogens is 2. The summed E-state index contributed by atoms with van der Waals surface area (Å²) in [6, 6.07) is 4.40. The van der Waals surface area contributed by atoms with E-state index in [2.05, 4.69) is 4.98 Å². The Kier molecular flexibility index (Phi) is 3.25. The number of hydrogen-bond donors (Lipinski definition) is 0. The van der Waals surface area contributed by atoms with E-state index in [0.29, 0.717) is 11.6 Å². The summed E-state index contributed by atoms with van der Waals surface area (Å²) >= 11 is 6.01. The van der Waals surface area contributed by atoms with Crippen molar-refractivity contribution in [3.63, 3.8) is 0 Å². The van der Waals surface area contributed by atoms with Gasteiger partial charge >= 0.3 is 0 Å². The lowest BCUT2D eigenvalue weighted by Crippen LogP contribution is -2.04. The van der Waals surface area contributed by atoms with E-state index in [0.717, 1.165) is 17.8 Å². The third-order valence-electron chi connectivity index (χ3n) is 2.47. The molecular weight excluding hydrogens is 227 g/mol. The molecule has 2 nitrogen and oxygen atoms in total. The first-order chi connectivity index (χ1) is 7.70. The lowest BCUT2D eigenvalue weighted by molar-refractivity contribution is 0.622. The van der Waals surface area contributed by atoms with Gasteiger partial charge in [0.15, 0.2) is 0 Å². The van der Waals surface area contributed by atoms with Gasteiger partial charge in [-0.15, -0.1) is 0 Å². The maximum atomic E-state index is 13.1. The molecule has 0 amide bonds. The Labute approximate surface area is 98.7 Å². The van der Waals surface area contributed by atoms with Crippen LogP contribution in [-0.2, 0) is 13.0 Å². The summed E-state index contributed by atoms with van der Waals surface area (Å²) in [4.78, 5) is 4.21. The molecule has 0 aliphatic rings. The van der Waals surface area contributed by atoms with Crippen LogP contribution in [0.25, 0.3) is 0 Å². The van der Waals surface area contributed by atoms with Crippen LogP contribution in [0.4, 0.5) is 4.39 Å². The van der Waals surface area contributed by atoms with Gasteiger partial charge in [-0.05, 0) is 23.8 Å². The highest BCUT2D eigenvalue weighted by Crippen LogP contribution is 2.18. The molecule has 84 valence electrons. The van der Waals surface area contributed by atoms with Crippen molar-refractivity contribution < 1.29 is 4.39 Å². The van der Waals surface area contributed by atoms with Gasteiger partial charge in [-0.2, -0.15) is 0 Å². The van der Waals surface area contributed by atoms with Gasteiger partial charge in [0, 0.05) is 23.8 Å². The standard InChI is InChI=1S/C12H12ClFN2/c1-2-12-15-5-6-16(12)8-9-7-10(14)3-4-11(9)13/h3-7H,2,8H2,1H3. The normalized spacial score (nSPS) is 10.7. The molecular formula is C12H12ClFN2. The van der Waals surface area contributed by atoms with Crippen LogP contribution in [0.1, 0.15) is 18.3 Å². The van der Waals surface area contributed by atoms with Crippen molar-refractivity contribution >= 4 is 11.6 Å². The Balaban J connectivity index is 2.30. The minimum Gasteiger partial charge on any atom is -0.330 e. The van der Waals surface area contributed by atoms with E-state index >= 15 is 0 Å². The molecule has 4 heteroatoms. The summed E-state index contributed by atoms with van der Waals surface area (Å²) in [5.74, 6) is 0.706. The van der Waals surface area contributed by atoms with E-state index in [9.17, 15) is 4.39 Å². The van der Waals surface area contributed by atoms with E-state index in [1.807, 2.05) is 17.7 Å². The first-order valence-electron chi connectivity index (χ1n) is 5.14. The Morgan fingerprint density at radius 2 is 2.25 bits per heavy atom. The quantitative estimate of drug-likeness (QED) is 0.803. The molecule has 0 bridgehead atoms. The van der Waals surface area contributed by atoms with Gasteiger partial charge < -0.3 is 4.57 Å². The predicted molar refractivity (Wildman–Crippen MR) is 62.1 cm³/mol. The van der Waals surface area contributed by atoms with Crippen LogP contribution in [0.2, 0.25) is 5.02 Å². The zero-order chi connectivity index (χ0) is 11.5. The van der Waals surface area contributed by atoms with Gasteiger partial charge in [-0.25, -0.2) is 9.37 Å². The number of aryl methyl sites for hydroxylation is 1. The Bertz CT molecular complexity index is 494. The third-order valence-corrected chi connectivity index (χ3v) is 2.84. The van der Waals surface area contributed by atoms with Crippen LogP contribution in [0.15, 0.2) is 30.6 Å². The molecule has 0 atom stereocenters. The van der Waals surface area contributed by atoms with Crippen LogP contribution in [0.3, 0.4) is 0 Å². The molecule has 1 heterocycles. The summed E-state index contributed by atoms with van der Waals surface area (Å²) in [6.45, 7) is 2.59. The lowest BCUT2D eigenvalue weighted by atomic mass is 10.2. The van der Waals surface area contributed by atoms with Gasteiger partial charge in [0.25, 0.3) is 0 Å². The highest BCUT2D eigenvalue weighted by Gasteiger charge is 2.05. The van der Waals surface area contributed by atoms with Gasteiger partial charge in [0.1, 0.15) is 11.6 Å². The molecule has 0 fully saturated rings. The second kappa shape index (κ2) is 4.66. The van der Waals surface area contributed by atoms with E-state index in [4.69, 9.17) is 11.6 Å². The van der Waals surface area contributed by atoms with E-state index in [1.165, 1.54) is 12.1 Å². The zero-order valence-corrected chi connectivity index (χ0v) is 9.71. The van der Waals surface area contributed by atoms with Gasteiger partial charge in [0.2, 0.25) is 0 Å². The van der Waals surface area contributed by atoms with Crippen molar-refractivity contribution in [2.75, 3.05) is 0 Å². The fourth-order valence-corrected chi connectivity index (χ4v) is 1.82. The smallest absolute Gasteiger partial charge is 0.123 e. The van der Waals surface area contributed by atoms with Crippen molar-refractivity contribution in [2.45, 2.75) is 19.9 Å². The second-order valence-electron chi connectivity index (χ2n) is 3.56. The fraction of sp³-hybridized carbons (Fsp3) is 0.250. The molecule has 1 aromatic heterocycles. The highest BCUT2D eigenvalue weighted by atomic mass is 35.5. The molecule has 2 aromatic rings. The first-order valence-corrected chi connectivity index (χ1v) is 5.52. The molecule has 2 rings (SSSR count). The molecule has 0 radical (unpaired) electrons. The zero-order valence-electron chi connectivity index (χ0n) is 8.95. The van der Waals surface area contributed by atoms with Crippen molar-refractivity contribution in [1.29, 1.82) is 0 Å². The molecule has 0 aliphatic carbocycles. The fourth-order valence-electron chi connectivity index (χ4n) is 1.65. The summed E-state index contributed by atoms with van der Waals surface area (Å²) in [7, 11) is 0. The third kappa shape index (κ3) is 2.25. The lowest BCUT2D eigenvalue weighted by Gasteiger charge is -2.08. The van der Waals surface area contributed by atoms with Crippen molar-refractivity contribution in [3.8, 4) is 0 Å². The molecule has 0 saturated carbocycles. The molecule has 0 unspecified atom stereocenters. The largest absolute Gasteiger partial charge is 0.330 e. The number of imidazole rings is 1. The Morgan fingerprint density at radius 1 is 1.44 bits per heavy atom. The first kappa shape index (κ1) is 11.1. The number of benzene rings is 1. The minimum absolute atomic E-state index is 0.266. The second-order valence-corrected chi connectivity index (χ2v) is 3.97. The van der Waals surface area contributed by atoms with Crippen molar-refractivity contribution in [1.82, 2.24) is 9.55 Å². The Morgan fingerprint density at radius 3 is 3.00 bits per heavy atom. The summed E-state index contributed by atoms with van der Waals surface area (Å²) in [6.07, 6.45) is 4.46. The van der Waals surface area contributed by atoms with E-state index in [-0.39, 0.29) is 5.82 Å². The van der Waals surface area contributed by atoms with Crippen LogP contribution in [0, 0.1) is 5.82 Å². The monoisotopic (exact) mass is 238 g/mol. The summed E-state index contributed by atoms with van der Waals surface area (Å²) in [5.41, 5.74) is 0.773.